The van der Waals surface area contributed by atoms with Crippen LogP contribution in [0, 0.1) is 13.8 Å². The highest BCUT2D eigenvalue weighted by Gasteiger charge is 2.11. The van der Waals surface area contributed by atoms with Crippen molar-refractivity contribution < 1.29 is 9.90 Å². The molecule has 3 rings (SSSR count). The van der Waals surface area contributed by atoms with Crippen LogP contribution in [0.5, 0.6) is 0 Å². The summed E-state index contributed by atoms with van der Waals surface area (Å²) in [6, 6.07) is 10.4. The lowest BCUT2D eigenvalue weighted by atomic mass is 10.2. The van der Waals surface area contributed by atoms with Crippen molar-refractivity contribution in [2.24, 2.45) is 10.2 Å². The monoisotopic (exact) mass is 294 g/mol. The first kappa shape index (κ1) is 13.9. The van der Waals surface area contributed by atoms with E-state index in [0.29, 0.717) is 11.5 Å². The lowest BCUT2D eigenvalue weighted by molar-refractivity contribution is 0.0698. The maximum absolute atomic E-state index is 11.2. The van der Waals surface area contributed by atoms with E-state index in [1.54, 1.807) is 18.2 Å². The van der Waals surface area contributed by atoms with Gasteiger partial charge in [-0.05, 0) is 37.6 Å². The number of carboxylic acids is 1. The van der Waals surface area contributed by atoms with Gasteiger partial charge in [0.15, 0.2) is 5.82 Å². The number of hydrogen-bond donors (Lipinski definition) is 1. The van der Waals surface area contributed by atoms with Crippen LogP contribution in [0.1, 0.15) is 21.6 Å². The molecule has 2 aromatic heterocycles. The zero-order valence-electron chi connectivity index (χ0n) is 12.2. The van der Waals surface area contributed by atoms with Crippen LogP contribution in [0.2, 0.25) is 0 Å². The summed E-state index contributed by atoms with van der Waals surface area (Å²) in [6.07, 6.45) is 1.86. The number of hydrogen-bond acceptors (Lipinski definition) is 4. The van der Waals surface area contributed by atoms with E-state index in [-0.39, 0.29) is 5.56 Å². The highest BCUT2D eigenvalue weighted by Crippen LogP contribution is 2.26. The van der Waals surface area contributed by atoms with Crippen LogP contribution in [0.4, 0.5) is 11.5 Å². The van der Waals surface area contributed by atoms with Crippen molar-refractivity contribution in [1.82, 2.24) is 9.38 Å². The number of imidazole rings is 1. The first-order chi connectivity index (χ1) is 10.6. The molecule has 0 spiro atoms. The highest BCUT2D eigenvalue weighted by molar-refractivity contribution is 5.93. The molecule has 0 atom stereocenters. The Labute approximate surface area is 126 Å². The van der Waals surface area contributed by atoms with E-state index in [9.17, 15) is 4.79 Å². The molecule has 0 fully saturated rings. The van der Waals surface area contributed by atoms with Gasteiger partial charge in [-0.3, -0.25) is 4.40 Å². The molecule has 0 bridgehead atoms. The third-order valence-electron chi connectivity index (χ3n) is 3.37. The molecule has 6 nitrogen and oxygen atoms in total. The number of rotatable bonds is 3. The first-order valence-corrected chi connectivity index (χ1v) is 6.76. The van der Waals surface area contributed by atoms with Gasteiger partial charge in [-0.25, -0.2) is 9.78 Å². The molecular weight excluding hydrogens is 280 g/mol. The Morgan fingerprint density at radius 3 is 2.68 bits per heavy atom. The molecule has 0 saturated carbocycles. The number of aromatic nitrogens is 2. The van der Waals surface area contributed by atoms with Crippen molar-refractivity contribution in [2.45, 2.75) is 13.8 Å². The summed E-state index contributed by atoms with van der Waals surface area (Å²) in [5, 5.41) is 17.5. The molecule has 0 radical (unpaired) electrons. The molecule has 3 aromatic rings. The van der Waals surface area contributed by atoms with Gasteiger partial charge in [0, 0.05) is 6.20 Å². The molecular formula is C16H14N4O2. The standard InChI is InChI=1S/C16H14N4O2/c1-10-6-5-9-20-14(10)17-11(2)15(20)19-18-13-8-4-3-7-12(13)16(21)22/h3-9H,1-2H3,(H,21,22). The number of aryl methyl sites for hydroxylation is 2. The van der Waals surface area contributed by atoms with Crippen LogP contribution in [0.15, 0.2) is 52.8 Å². The van der Waals surface area contributed by atoms with Gasteiger partial charge < -0.3 is 5.11 Å². The Balaban J connectivity index is 2.09. The van der Waals surface area contributed by atoms with E-state index in [1.807, 2.05) is 36.6 Å². The molecule has 0 saturated heterocycles. The third kappa shape index (κ3) is 2.35. The van der Waals surface area contributed by atoms with E-state index in [1.165, 1.54) is 6.07 Å². The first-order valence-electron chi connectivity index (χ1n) is 6.76. The predicted molar refractivity (Wildman–Crippen MR) is 82.2 cm³/mol. The molecule has 2 heterocycles. The smallest absolute Gasteiger partial charge is 0.337 e. The van der Waals surface area contributed by atoms with Crippen molar-refractivity contribution >= 4 is 23.1 Å². The number of benzene rings is 1. The minimum absolute atomic E-state index is 0.119. The molecule has 0 unspecified atom stereocenters. The van der Waals surface area contributed by atoms with Crippen LogP contribution < -0.4 is 0 Å². The molecule has 0 aliphatic carbocycles. The Kier molecular flexibility index (Phi) is 3.42. The molecule has 110 valence electrons. The van der Waals surface area contributed by atoms with Gasteiger partial charge >= 0.3 is 5.97 Å². The van der Waals surface area contributed by atoms with Gasteiger partial charge in [-0.2, -0.15) is 0 Å². The van der Waals surface area contributed by atoms with Gasteiger partial charge in [0.05, 0.1) is 11.3 Å². The average molecular weight is 294 g/mol. The van der Waals surface area contributed by atoms with Crippen LogP contribution >= 0.6 is 0 Å². The van der Waals surface area contributed by atoms with E-state index >= 15 is 0 Å². The largest absolute Gasteiger partial charge is 0.478 e. The Morgan fingerprint density at radius 2 is 1.91 bits per heavy atom. The second kappa shape index (κ2) is 5.40. The third-order valence-corrected chi connectivity index (χ3v) is 3.37. The lowest BCUT2D eigenvalue weighted by Crippen LogP contribution is -1.95. The maximum atomic E-state index is 11.2. The van der Waals surface area contributed by atoms with Gasteiger partial charge in [-0.1, -0.05) is 18.2 Å². The van der Waals surface area contributed by atoms with Crippen LogP contribution in [0.3, 0.4) is 0 Å². The van der Waals surface area contributed by atoms with E-state index in [2.05, 4.69) is 15.2 Å². The topological polar surface area (TPSA) is 79.3 Å². The second-order valence-electron chi connectivity index (χ2n) is 4.93. The minimum atomic E-state index is -1.03. The quantitative estimate of drug-likeness (QED) is 0.739. The normalized spacial score (nSPS) is 11.4. The Morgan fingerprint density at radius 1 is 1.14 bits per heavy atom. The zero-order valence-corrected chi connectivity index (χ0v) is 12.2. The maximum Gasteiger partial charge on any atom is 0.337 e. The van der Waals surface area contributed by atoms with E-state index < -0.39 is 5.97 Å². The number of pyridine rings is 1. The molecule has 0 aliphatic rings. The fraction of sp³-hybridized carbons (Fsp3) is 0.125. The zero-order chi connectivity index (χ0) is 15.7. The second-order valence-corrected chi connectivity index (χ2v) is 4.93. The van der Waals surface area contributed by atoms with Gasteiger partial charge in [0.1, 0.15) is 11.3 Å². The number of azo groups is 1. The van der Waals surface area contributed by atoms with Gasteiger partial charge in [0.25, 0.3) is 0 Å². The average Bonchev–Trinajstić information content (AvgIpc) is 2.82. The Hall–Kier alpha value is -3.02. The molecule has 0 amide bonds. The van der Waals surface area contributed by atoms with Crippen LogP contribution in [0.25, 0.3) is 5.65 Å². The van der Waals surface area contributed by atoms with Crippen LogP contribution in [-0.2, 0) is 0 Å². The fourth-order valence-electron chi connectivity index (χ4n) is 2.27. The number of aromatic carboxylic acids is 1. The number of fused-ring (bicyclic) bond motifs is 1. The molecule has 0 aliphatic heterocycles. The summed E-state index contributed by atoms with van der Waals surface area (Å²) < 4.78 is 1.84. The van der Waals surface area contributed by atoms with Crippen molar-refractivity contribution in [2.75, 3.05) is 0 Å². The number of carboxylic acid groups (broad SMARTS) is 1. The number of nitrogens with zero attached hydrogens (tertiary/aromatic N) is 4. The predicted octanol–water partition coefficient (Wildman–Crippen LogP) is 4.06. The Bertz CT molecular complexity index is 896. The van der Waals surface area contributed by atoms with Gasteiger partial charge in [0.2, 0.25) is 0 Å². The van der Waals surface area contributed by atoms with Crippen molar-refractivity contribution in [3.8, 4) is 0 Å². The summed E-state index contributed by atoms with van der Waals surface area (Å²) in [4.78, 5) is 15.7. The fourth-order valence-corrected chi connectivity index (χ4v) is 2.27. The summed E-state index contributed by atoms with van der Waals surface area (Å²) >= 11 is 0. The molecule has 1 aromatic carbocycles. The minimum Gasteiger partial charge on any atom is -0.478 e. The lowest BCUT2D eigenvalue weighted by Gasteiger charge is -2.00. The van der Waals surface area contributed by atoms with Crippen molar-refractivity contribution in [3.63, 3.8) is 0 Å². The summed E-state index contributed by atoms with van der Waals surface area (Å²) in [5.41, 5.74) is 3.04. The van der Waals surface area contributed by atoms with E-state index in [0.717, 1.165) is 16.9 Å². The van der Waals surface area contributed by atoms with Crippen LogP contribution in [-0.4, -0.2) is 20.5 Å². The number of carbonyl (C=O) groups is 1. The summed E-state index contributed by atoms with van der Waals surface area (Å²) in [6.45, 7) is 3.83. The molecule has 6 heteroatoms. The highest BCUT2D eigenvalue weighted by atomic mass is 16.4. The van der Waals surface area contributed by atoms with E-state index in [4.69, 9.17) is 5.11 Å². The molecule has 1 N–H and O–H groups in total. The summed E-state index contributed by atoms with van der Waals surface area (Å²) in [5.74, 6) is -0.431. The van der Waals surface area contributed by atoms with Crippen molar-refractivity contribution in [1.29, 1.82) is 0 Å². The van der Waals surface area contributed by atoms with Crippen molar-refractivity contribution in [3.05, 3.63) is 59.4 Å². The van der Waals surface area contributed by atoms with Gasteiger partial charge in [-0.15, -0.1) is 10.2 Å². The SMILES string of the molecule is Cc1nc2c(C)cccn2c1N=Nc1ccccc1C(=O)O. The molecule has 22 heavy (non-hydrogen) atoms. The summed E-state index contributed by atoms with van der Waals surface area (Å²) in [7, 11) is 0.